The molecule has 63 valence electrons. The zero-order chi connectivity index (χ0) is 9.07. The zero-order valence-electron chi connectivity index (χ0n) is 6.42. The number of nitrogens with one attached hydrogen (secondary N) is 1. The molecule has 0 rings (SSSR count). The van der Waals surface area contributed by atoms with Gasteiger partial charge >= 0.3 is 0 Å². The normalized spacial score (nSPS) is 15.2. The largest absolute Gasteiger partial charge is 0.379 e. The van der Waals surface area contributed by atoms with Crippen LogP contribution in [0.15, 0.2) is 0 Å². The van der Waals surface area contributed by atoms with Crippen LogP contribution in [0.25, 0.3) is 0 Å². The molecule has 4 N–H and O–H groups in total. The van der Waals surface area contributed by atoms with Gasteiger partial charge in [0.05, 0.1) is 6.42 Å². The van der Waals surface area contributed by atoms with E-state index in [0.717, 1.165) is 13.3 Å². The van der Waals surface area contributed by atoms with E-state index < -0.39 is 17.4 Å². The molecule has 0 unspecified atom stereocenters. The molecule has 0 aliphatic rings. The molecule has 0 fully saturated rings. The Labute approximate surface area is 64.6 Å². The Morgan fingerprint density at radius 3 is 2.36 bits per heavy atom. The van der Waals surface area contributed by atoms with E-state index >= 15 is 0 Å². The average molecular weight is 159 g/mol. The molecule has 0 saturated heterocycles. The second-order valence-electron chi connectivity index (χ2n) is 2.27. The zero-order valence-corrected chi connectivity index (χ0v) is 6.42. The van der Waals surface area contributed by atoms with Crippen LogP contribution in [0.2, 0.25) is 0 Å². The summed E-state index contributed by atoms with van der Waals surface area (Å²) in [5, 5.41) is 11.3. The fourth-order valence-corrected chi connectivity index (χ4v) is 0.399. The second-order valence-corrected chi connectivity index (χ2v) is 2.27. The highest BCUT2D eigenvalue weighted by Gasteiger charge is 2.30. The summed E-state index contributed by atoms with van der Waals surface area (Å²) in [5.41, 5.74) is 2.90. The monoisotopic (exact) mass is 159 g/mol. The van der Waals surface area contributed by atoms with Crippen molar-refractivity contribution < 1.29 is 14.7 Å². The SMILES string of the molecule is CNC(=O)[CH][C@](C)(O)C(N)=O. The van der Waals surface area contributed by atoms with E-state index in [1.165, 1.54) is 7.05 Å². The molecule has 0 aliphatic heterocycles. The van der Waals surface area contributed by atoms with Gasteiger partial charge in [-0.05, 0) is 6.92 Å². The Hall–Kier alpha value is -1.10. The number of carbonyl (C=O) groups is 2. The molecule has 0 aromatic rings. The topological polar surface area (TPSA) is 92.4 Å². The van der Waals surface area contributed by atoms with Gasteiger partial charge in [0.15, 0.2) is 5.60 Å². The third kappa shape index (κ3) is 2.99. The molecule has 2 amide bonds. The third-order valence-electron chi connectivity index (χ3n) is 1.16. The number of hydrogen-bond acceptors (Lipinski definition) is 3. The first-order valence-electron chi connectivity index (χ1n) is 3.00. The molecule has 0 aromatic carbocycles. The predicted molar refractivity (Wildman–Crippen MR) is 38.2 cm³/mol. The number of amides is 2. The van der Waals surface area contributed by atoms with E-state index in [0.29, 0.717) is 0 Å². The number of hydrogen-bond donors (Lipinski definition) is 3. The van der Waals surface area contributed by atoms with E-state index in [4.69, 9.17) is 10.8 Å². The van der Waals surface area contributed by atoms with E-state index in [1.807, 2.05) is 0 Å². The molecule has 0 bridgehead atoms. The molecule has 0 aliphatic carbocycles. The first-order valence-corrected chi connectivity index (χ1v) is 3.00. The van der Waals surface area contributed by atoms with Crippen molar-refractivity contribution in [2.45, 2.75) is 12.5 Å². The van der Waals surface area contributed by atoms with Crippen LogP contribution in [0.4, 0.5) is 0 Å². The Kier molecular flexibility index (Phi) is 3.00. The van der Waals surface area contributed by atoms with Gasteiger partial charge in [0.1, 0.15) is 0 Å². The highest BCUT2D eigenvalue weighted by Crippen LogP contribution is 2.05. The van der Waals surface area contributed by atoms with Crippen LogP contribution >= 0.6 is 0 Å². The maximum absolute atomic E-state index is 10.6. The molecular weight excluding hydrogens is 148 g/mol. The van der Waals surface area contributed by atoms with Crippen molar-refractivity contribution in [3.63, 3.8) is 0 Å². The van der Waals surface area contributed by atoms with Crippen molar-refractivity contribution in [2.75, 3.05) is 7.05 Å². The minimum atomic E-state index is -1.87. The van der Waals surface area contributed by atoms with Crippen LogP contribution < -0.4 is 11.1 Å². The standard InChI is InChI=1S/C6H11N2O3/c1-6(11,5(7)10)3-4(9)8-2/h3,11H,1-2H3,(H2,7,10)(H,8,9)/t6-/m0/s1. The molecule has 0 saturated carbocycles. The Morgan fingerprint density at radius 2 is 2.09 bits per heavy atom. The predicted octanol–water partition coefficient (Wildman–Crippen LogP) is -1.83. The fraction of sp³-hybridized carbons (Fsp3) is 0.500. The van der Waals surface area contributed by atoms with Crippen molar-refractivity contribution >= 4 is 11.8 Å². The van der Waals surface area contributed by atoms with Crippen molar-refractivity contribution in [1.29, 1.82) is 0 Å². The van der Waals surface area contributed by atoms with Gasteiger partial charge in [-0.25, -0.2) is 0 Å². The molecule has 0 spiro atoms. The first-order chi connectivity index (χ1) is 4.90. The molecular formula is C6H11N2O3. The lowest BCUT2D eigenvalue weighted by atomic mass is 10.0. The molecule has 0 aromatic heterocycles. The molecule has 5 nitrogen and oxygen atoms in total. The molecule has 5 heteroatoms. The van der Waals surface area contributed by atoms with E-state index in [9.17, 15) is 9.59 Å². The highest BCUT2D eigenvalue weighted by atomic mass is 16.3. The van der Waals surface area contributed by atoms with Crippen LogP contribution in [-0.2, 0) is 9.59 Å². The van der Waals surface area contributed by atoms with Crippen LogP contribution in [0, 0.1) is 6.42 Å². The van der Waals surface area contributed by atoms with Crippen LogP contribution in [-0.4, -0.2) is 29.6 Å². The van der Waals surface area contributed by atoms with Crippen LogP contribution in [0.3, 0.4) is 0 Å². The van der Waals surface area contributed by atoms with Gasteiger partial charge < -0.3 is 16.2 Å². The van der Waals surface area contributed by atoms with Gasteiger partial charge in [-0.2, -0.15) is 0 Å². The van der Waals surface area contributed by atoms with E-state index in [-0.39, 0.29) is 0 Å². The van der Waals surface area contributed by atoms with Crippen molar-refractivity contribution in [2.24, 2.45) is 5.73 Å². The molecule has 11 heavy (non-hydrogen) atoms. The lowest BCUT2D eigenvalue weighted by molar-refractivity contribution is -0.135. The number of carbonyl (C=O) groups excluding carboxylic acids is 2. The summed E-state index contributed by atoms with van der Waals surface area (Å²) in [7, 11) is 1.38. The van der Waals surface area contributed by atoms with Crippen molar-refractivity contribution in [3.05, 3.63) is 6.42 Å². The maximum Gasteiger partial charge on any atom is 0.249 e. The summed E-state index contributed by atoms with van der Waals surface area (Å²) in [6.07, 6.45) is 0.815. The summed E-state index contributed by atoms with van der Waals surface area (Å²) < 4.78 is 0. The van der Waals surface area contributed by atoms with Gasteiger partial charge in [0.25, 0.3) is 0 Å². The van der Waals surface area contributed by atoms with Crippen molar-refractivity contribution in [3.8, 4) is 0 Å². The summed E-state index contributed by atoms with van der Waals surface area (Å²) in [6.45, 7) is 1.14. The van der Waals surface area contributed by atoms with Crippen LogP contribution in [0.1, 0.15) is 6.92 Å². The summed E-state index contributed by atoms with van der Waals surface area (Å²) in [5.74, 6) is -1.50. The molecule has 1 radical (unpaired) electrons. The smallest absolute Gasteiger partial charge is 0.249 e. The fourth-order valence-electron chi connectivity index (χ4n) is 0.399. The van der Waals surface area contributed by atoms with Gasteiger partial charge in [-0.1, -0.05) is 0 Å². The first kappa shape index (κ1) is 9.90. The Balaban J connectivity index is 4.12. The summed E-state index contributed by atoms with van der Waals surface area (Å²) >= 11 is 0. The van der Waals surface area contributed by atoms with Gasteiger partial charge in [-0.15, -0.1) is 0 Å². The summed E-state index contributed by atoms with van der Waals surface area (Å²) in [6, 6.07) is 0. The molecule has 0 heterocycles. The van der Waals surface area contributed by atoms with E-state index in [2.05, 4.69) is 5.32 Å². The third-order valence-corrected chi connectivity index (χ3v) is 1.16. The lowest BCUT2D eigenvalue weighted by Crippen LogP contribution is -2.45. The van der Waals surface area contributed by atoms with Gasteiger partial charge in [0.2, 0.25) is 11.8 Å². The van der Waals surface area contributed by atoms with E-state index in [1.54, 1.807) is 0 Å². The number of nitrogens with two attached hydrogens (primary N) is 1. The quantitative estimate of drug-likeness (QED) is 0.452. The summed E-state index contributed by atoms with van der Waals surface area (Å²) in [4.78, 5) is 21.0. The number of rotatable bonds is 3. The van der Waals surface area contributed by atoms with Gasteiger partial charge in [0, 0.05) is 7.05 Å². The van der Waals surface area contributed by atoms with Crippen LogP contribution in [0.5, 0.6) is 0 Å². The maximum atomic E-state index is 10.6. The Morgan fingerprint density at radius 1 is 1.64 bits per heavy atom. The minimum Gasteiger partial charge on any atom is -0.379 e. The highest BCUT2D eigenvalue weighted by molar-refractivity contribution is 5.96. The number of aliphatic hydroxyl groups is 1. The number of primary amides is 1. The minimum absolute atomic E-state index is 0.547. The Bertz CT molecular complexity index is 177. The second kappa shape index (κ2) is 3.34. The molecule has 1 atom stereocenters. The lowest BCUT2D eigenvalue weighted by Gasteiger charge is -2.16. The van der Waals surface area contributed by atoms with Crippen molar-refractivity contribution in [1.82, 2.24) is 5.32 Å². The average Bonchev–Trinajstić information content (AvgIpc) is 1.86. The van der Waals surface area contributed by atoms with Gasteiger partial charge in [-0.3, -0.25) is 9.59 Å².